The summed E-state index contributed by atoms with van der Waals surface area (Å²) in [4.78, 5) is 10.8. The average Bonchev–Trinajstić information content (AvgIpc) is 3.72. The van der Waals surface area contributed by atoms with Gasteiger partial charge in [0, 0.05) is 44.1 Å². The summed E-state index contributed by atoms with van der Waals surface area (Å²) < 4.78 is 2.29. The van der Waals surface area contributed by atoms with Gasteiger partial charge in [0.1, 0.15) is 11.6 Å². The second kappa shape index (κ2) is 19.5. The van der Waals surface area contributed by atoms with Crippen molar-refractivity contribution in [3.05, 3.63) is 192 Å². The Balaban J connectivity index is 0.00000711. The van der Waals surface area contributed by atoms with E-state index in [-0.39, 0.29) is 53.9 Å². The van der Waals surface area contributed by atoms with Crippen LogP contribution in [0.3, 0.4) is 0 Å². The van der Waals surface area contributed by atoms with Crippen molar-refractivity contribution in [1.29, 1.82) is 0 Å². The number of pyridine rings is 1. The van der Waals surface area contributed by atoms with Crippen LogP contribution in [-0.2, 0) is 48.1 Å². The summed E-state index contributed by atoms with van der Waals surface area (Å²) in [6.07, 6.45) is 1.93. The van der Waals surface area contributed by atoms with Crippen molar-refractivity contribution < 1.29 is 26.2 Å². The number of aromatic nitrogens is 3. The van der Waals surface area contributed by atoms with E-state index in [2.05, 4.69) is 266 Å². The minimum atomic E-state index is -0.337. The number of phenols is 1. The van der Waals surface area contributed by atoms with Crippen LogP contribution in [0.25, 0.3) is 83.9 Å². The molecule has 0 bridgehead atoms. The first kappa shape index (κ1) is 53.0. The number of benzene rings is 7. The van der Waals surface area contributed by atoms with Crippen molar-refractivity contribution in [3.63, 3.8) is 0 Å². The molecule has 9 aromatic rings. The Kier molecular flexibility index (Phi) is 14.1. The molecule has 1 N–H and O–H groups in total. The minimum Gasteiger partial charge on any atom is -0.507 e. The number of aromatic hydroxyl groups is 1. The fraction of sp³-hybridized carbons (Fsp3) is 0.294. The molecule has 0 spiro atoms. The number of phenolic OH excluding ortho intramolecular Hbond substituents is 1. The Morgan fingerprint density at radius 1 is 0.425 bits per heavy atom. The minimum absolute atomic E-state index is 0. The van der Waals surface area contributed by atoms with Gasteiger partial charge in [-0.05, 0) is 102 Å². The molecule has 0 aliphatic carbocycles. The van der Waals surface area contributed by atoms with Gasteiger partial charge in [-0.15, -0.1) is 29.3 Å². The van der Waals surface area contributed by atoms with E-state index in [9.17, 15) is 5.11 Å². The molecule has 9 rings (SSSR count). The zero-order valence-electron chi connectivity index (χ0n) is 45.6. The second-order valence-corrected chi connectivity index (χ2v) is 25.0. The summed E-state index contributed by atoms with van der Waals surface area (Å²) in [5.74, 6) is 0.932. The molecule has 0 amide bonds. The average molecular weight is 1140 g/mol. The molecule has 0 unspecified atom stereocenters. The van der Waals surface area contributed by atoms with E-state index in [0.29, 0.717) is 11.4 Å². The molecule has 2 heterocycles. The third-order valence-corrected chi connectivity index (χ3v) is 14.2. The number of nitrogens with zero attached hydrogens (tertiary/aromatic N) is 3. The Hall–Kier alpha value is -6.35. The molecule has 4 nitrogen and oxygen atoms in total. The fourth-order valence-corrected chi connectivity index (χ4v) is 9.85. The summed E-state index contributed by atoms with van der Waals surface area (Å²) in [7, 11) is 0. The zero-order chi connectivity index (χ0) is 51.7. The van der Waals surface area contributed by atoms with Gasteiger partial charge in [-0.3, -0.25) is 9.55 Å². The Bertz CT molecular complexity index is 3470. The number of rotatable bonds is 7. The maximum atomic E-state index is 12.6. The molecule has 0 fully saturated rings. The topological polar surface area (TPSA) is 50.9 Å². The van der Waals surface area contributed by atoms with Crippen LogP contribution < -0.4 is 0 Å². The van der Waals surface area contributed by atoms with Gasteiger partial charge in [0.15, 0.2) is 0 Å². The SMILES string of the molecule is CC(C)(C)c1cc(-c2cc(-c3ccc(-c4ccccc4)c(C(C)(C)C)c3)ccn2)[c-]c(-c2cccc3c2nc(-c2cc(C(C)(C)C)cc(C(C)(C)C)c2O)n3-c2ccc(C(C)(C)C)cc2-c2ccccc2)c1.[Pt]. The number of fused-ring (bicyclic) bond motifs is 1. The number of para-hydroxylation sites is 1. The standard InChI is InChI=1S/C68H72N3O.Pt/c1-64(2,3)49-30-32-59(54(40-49)44-25-20-17-21-26-44)71-60-28-22-27-53(61(60)70-63(71)55-41-51(66(7,8)9)42-57(62(55)72)68(13,14)15)47-35-48(37-50(36-47)65(4,5)6)58-39-46(33-34-69-58)45-29-31-52(43-23-18-16-19-24-43)56(38-45)67(10,11)12;/h16-34,36-42,72H,1-15H3;/q-1;. The quantitative estimate of drug-likeness (QED) is 0.162. The van der Waals surface area contributed by atoms with E-state index >= 15 is 0 Å². The van der Waals surface area contributed by atoms with Gasteiger partial charge >= 0.3 is 0 Å². The van der Waals surface area contributed by atoms with Crippen molar-refractivity contribution in [2.45, 2.75) is 131 Å². The molecular weight excluding hydrogens is 1070 g/mol. The molecule has 376 valence electrons. The molecule has 73 heavy (non-hydrogen) atoms. The third kappa shape index (κ3) is 10.7. The first-order chi connectivity index (χ1) is 33.8. The predicted molar refractivity (Wildman–Crippen MR) is 305 cm³/mol. The van der Waals surface area contributed by atoms with Crippen molar-refractivity contribution in [3.8, 4) is 78.6 Å². The normalized spacial score (nSPS) is 12.5. The summed E-state index contributed by atoms with van der Waals surface area (Å²) in [5.41, 5.74) is 18.9. The van der Waals surface area contributed by atoms with E-state index in [1.807, 2.05) is 6.20 Å². The van der Waals surface area contributed by atoms with Crippen molar-refractivity contribution in [1.82, 2.24) is 14.5 Å². The summed E-state index contributed by atoms with van der Waals surface area (Å²) >= 11 is 0. The van der Waals surface area contributed by atoms with Crippen LogP contribution >= 0.6 is 0 Å². The van der Waals surface area contributed by atoms with Gasteiger partial charge in [0.25, 0.3) is 0 Å². The van der Waals surface area contributed by atoms with Crippen LogP contribution in [-0.4, -0.2) is 19.6 Å². The van der Waals surface area contributed by atoms with E-state index in [1.165, 1.54) is 27.8 Å². The first-order valence-electron chi connectivity index (χ1n) is 25.6. The molecule has 0 radical (unpaired) electrons. The molecule has 7 aromatic carbocycles. The largest absolute Gasteiger partial charge is 0.507 e. The van der Waals surface area contributed by atoms with Crippen LogP contribution in [0.5, 0.6) is 5.75 Å². The van der Waals surface area contributed by atoms with Crippen LogP contribution in [0.2, 0.25) is 0 Å². The van der Waals surface area contributed by atoms with E-state index < -0.39 is 0 Å². The Morgan fingerprint density at radius 3 is 1.59 bits per heavy atom. The van der Waals surface area contributed by atoms with Crippen LogP contribution in [0.4, 0.5) is 0 Å². The molecular formula is C68H72N3OPt-. The third-order valence-electron chi connectivity index (χ3n) is 14.2. The molecule has 0 saturated heterocycles. The smallest absolute Gasteiger partial charge is 0.148 e. The van der Waals surface area contributed by atoms with E-state index in [4.69, 9.17) is 9.97 Å². The van der Waals surface area contributed by atoms with Crippen LogP contribution in [0, 0.1) is 6.07 Å². The summed E-state index contributed by atoms with van der Waals surface area (Å²) in [5, 5.41) is 12.6. The monoisotopic (exact) mass is 1140 g/mol. The maximum Gasteiger partial charge on any atom is 0.148 e. The molecule has 5 heteroatoms. The molecule has 0 aliphatic rings. The van der Waals surface area contributed by atoms with Gasteiger partial charge in [0.05, 0.1) is 22.3 Å². The molecule has 0 saturated carbocycles. The van der Waals surface area contributed by atoms with E-state index in [1.54, 1.807) is 0 Å². The summed E-state index contributed by atoms with van der Waals surface area (Å²) in [6, 6.07) is 58.6. The number of imidazole rings is 1. The van der Waals surface area contributed by atoms with Crippen molar-refractivity contribution in [2.75, 3.05) is 0 Å². The molecule has 2 aromatic heterocycles. The fourth-order valence-electron chi connectivity index (χ4n) is 9.85. The second-order valence-electron chi connectivity index (χ2n) is 25.0. The predicted octanol–water partition coefficient (Wildman–Crippen LogP) is 18.4. The molecule has 0 atom stereocenters. The Morgan fingerprint density at radius 2 is 0.986 bits per heavy atom. The first-order valence-corrected chi connectivity index (χ1v) is 25.6. The number of hydrogen-bond acceptors (Lipinski definition) is 3. The maximum absolute atomic E-state index is 12.6. The van der Waals surface area contributed by atoms with E-state index in [0.717, 1.165) is 72.5 Å². The number of hydrogen-bond donors (Lipinski definition) is 1. The van der Waals surface area contributed by atoms with Gasteiger partial charge in [-0.1, -0.05) is 224 Å². The van der Waals surface area contributed by atoms with Crippen molar-refractivity contribution in [2.24, 2.45) is 0 Å². The Labute approximate surface area is 450 Å². The van der Waals surface area contributed by atoms with Crippen LogP contribution in [0.1, 0.15) is 132 Å². The molecule has 0 aliphatic heterocycles. The van der Waals surface area contributed by atoms with Gasteiger partial charge < -0.3 is 5.11 Å². The van der Waals surface area contributed by atoms with Gasteiger partial charge in [-0.25, -0.2) is 4.98 Å². The van der Waals surface area contributed by atoms with Gasteiger partial charge in [-0.2, -0.15) is 0 Å². The summed E-state index contributed by atoms with van der Waals surface area (Å²) in [6.45, 7) is 33.7. The van der Waals surface area contributed by atoms with Gasteiger partial charge in [0.2, 0.25) is 0 Å². The van der Waals surface area contributed by atoms with Crippen molar-refractivity contribution >= 4 is 11.0 Å². The van der Waals surface area contributed by atoms with Crippen LogP contribution in [0.15, 0.2) is 158 Å². The zero-order valence-corrected chi connectivity index (χ0v) is 47.9.